The lowest BCUT2D eigenvalue weighted by Crippen LogP contribution is -2.42. The van der Waals surface area contributed by atoms with Crippen molar-refractivity contribution < 1.29 is 4.79 Å². The van der Waals surface area contributed by atoms with Crippen LogP contribution in [0.5, 0.6) is 0 Å². The average Bonchev–Trinajstić information content (AvgIpc) is 2.15. The van der Waals surface area contributed by atoms with E-state index in [0.29, 0.717) is 18.8 Å². The molecule has 0 unspecified atom stereocenters. The summed E-state index contributed by atoms with van der Waals surface area (Å²) in [6.45, 7) is 4.36. The molecule has 0 aliphatic heterocycles. The number of nitrogens with one attached hydrogen (secondary N) is 1. The van der Waals surface area contributed by atoms with E-state index in [9.17, 15) is 4.79 Å². The normalized spacial score (nSPS) is 11.3. The summed E-state index contributed by atoms with van der Waals surface area (Å²) in [6, 6.07) is 1.76. The molecule has 0 radical (unpaired) electrons. The van der Waals surface area contributed by atoms with Gasteiger partial charge in [0.05, 0.1) is 6.54 Å². The Morgan fingerprint density at radius 3 is 2.60 bits per heavy atom. The molecule has 0 spiro atoms. The Labute approximate surface area is 89.1 Å². The van der Waals surface area contributed by atoms with Crippen molar-refractivity contribution in [3.63, 3.8) is 0 Å². The molecule has 15 heavy (non-hydrogen) atoms. The topological polar surface area (TPSA) is 80.9 Å². The molecule has 1 aromatic heterocycles. The summed E-state index contributed by atoms with van der Waals surface area (Å²) in [6.07, 6.45) is 3.66. The Bertz CT molecular complexity index is 323. The van der Waals surface area contributed by atoms with Crippen molar-refractivity contribution in [1.82, 2.24) is 15.3 Å². The minimum Gasteiger partial charge on any atom is -0.370 e. The minimum atomic E-state index is -0.328. The van der Waals surface area contributed by atoms with E-state index < -0.39 is 0 Å². The zero-order chi connectivity index (χ0) is 11.3. The Hall–Kier alpha value is -1.49. The fraction of sp³-hybridized carbons (Fsp3) is 0.500. The van der Waals surface area contributed by atoms with Gasteiger partial charge in [-0.05, 0) is 19.9 Å². The molecule has 1 rings (SSSR count). The smallest absolute Gasteiger partial charge is 0.219 e. The number of nitrogens with zero attached hydrogens (tertiary/aromatic N) is 2. The van der Waals surface area contributed by atoms with Gasteiger partial charge in [-0.15, -0.1) is 0 Å². The largest absolute Gasteiger partial charge is 0.370 e. The van der Waals surface area contributed by atoms with Gasteiger partial charge in [0.25, 0.3) is 0 Å². The maximum atomic E-state index is 10.8. The van der Waals surface area contributed by atoms with Crippen LogP contribution in [0, 0.1) is 0 Å². The summed E-state index contributed by atoms with van der Waals surface area (Å²) in [5, 5.41) is 3.18. The molecule has 0 saturated carbocycles. The Balaban J connectivity index is 2.46. The van der Waals surface area contributed by atoms with E-state index in [0.717, 1.165) is 0 Å². The molecule has 0 bridgehead atoms. The van der Waals surface area contributed by atoms with Crippen molar-refractivity contribution in [3.05, 3.63) is 24.3 Å². The molecular weight excluding hydrogens is 192 g/mol. The van der Waals surface area contributed by atoms with Crippen molar-refractivity contribution in [2.24, 2.45) is 5.73 Å². The van der Waals surface area contributed by atoms with Gasteiger partial charge in [-0.2, -0.15) is 0 Å². The number of amides is 1. The third-order valence-corrected chi connectivity index (χ3v) is 1.96. The zero-order valence-corrected chi connectivity index (χ0v) is 9.03. The summed E-state index contributed by atoms with van der Waals surface area (Å²) in [5.41, 5.74) is 4.81. The molecule has 0 aliphatic carbocycles. The molecule has 0 aromatic carbocycles. The average molecular weight is 208 g/mol. The first-order chi connectivity index (χ1) is 6.99. The monoisotopic (exact) mass is 208 g/mol. The molecule has 3 N–H and O–H groups in total. The minimum absolute atomic E-state index is 0.292. The van der Waals surface area contributed by atoms with E-state index in [-0.39, 0.29) is 11.4 Å². The van der Waals surface area contributed by atoms with Crippen LogP contribution in [0.15, 0.2) is 18.5 Å². The lowest BCUT2D eigenvalue weighted by molar-refractivity contribution is -0.119. The number of hydrogen-bond acceptors (Lipinski definition) is 4. The molecule has 0 atom stereocenters. The molecule has 1 aromatic rings. The van der Waals surface area contributed by atoms with E-state index in [4.69, 9.17) is 5.73 Å². The number of aromatic nitrogens is 2. The van der Waals surface area contributed by atoms with E-state index in [1.54, 1.807) is 18.5 Å². The van der Waals surface area contributed by atoms with Crippen LogP contribution in [0.4, 0.5) is 0 Å². The molecule has 82 valence electrons. The number of carbonyl (C=O) groups excluding carboxylic acids is 1. The lowest BCUT2D eigenvalue weighted by atomic mass is 10.0. The highest BCUT2D eigenvalue weighted by atomic mass is 16.1. The molecular formula is C10H16N4O. The van der Waals surface area contributed by atoms with Crippen LogP contribution in [0.3, 0.4) is 0 Å². The van der Waals surface area contributed by atoms with Crippen LogP contribution < -0.4 is 11.1 Å². The van der Waals surface area contributed by atoms with Gasteiger partial charge >= 0.3 is 0 Å². The van der Waals surface area contributed by atoms with Gasteiger partial charge in [-0.25, -0.2) is 9.97 Å². The first-order valence-corrected chi connectivity index (χ1v) is 4.79. The second-order valence-corrected chi connectivity index (χ2v) is 4.05. The van der Waals surface area contributed by atoms with Gasteiger partial charge < -0.3 is 11.1 Å². The molecule has 1 heterocycles. The van der Waals surface area contributed by atoms with E-state index >= 15 is 0 Å². The van der Waals surface area contributed by atoms with Gasteiger partial charge in [0.15, 0.2) is 0 Å². The number of carbonyl (C=O) groups is 1. The summed E-state index contributed by atoms with van der Waals surface area (Å²) in [7, 11) is 0. The maximum Gasteiger partial charge on any atom is 0.219 e. The van der Waals surface area contributed by atoms with Crippen LogP contribution in [-0.4, -0.2) is 21.4 Å². The predicted octanol–water partition coefficient (Wildman–Crippen LogP) is 0.220. The highest BCUT2D eigenvalue weighted by Crippen LogP contribution is 2.07. The van der Waals surface area contributed by atoms with Crippen molar-refractivity contribution in [3.8, 4) is 0 Å². The van der Waals surface area contributed by atoms with Crippen molar-refractivity contribution >= 4 is 5.91 Å². The van der Waals surface area contributed by atoms with Crippen LogP contribution in [0.25, 0.3) is 0 Å². The number of primary amides is 1. The van der Waals surface area contributed by atoms with Crippen molar-refractivity contribution in [2.45, 2.75) is 32.4 Å². The Morgan fingerprint density at radius 2 is 2.07 bits per heavy atom. The van der Waals surface area contributed by atoms with Crippen molar-refractivity contribution in [2.75, 3.05) is 0 Å². The second-order valence-electron chi connectivity index (χ2n) is 4.05. The highest BCUT2D eigenvalue weighted by molar-refractivity contribution is 5.74. The molecule has 0 aliphatic rings. The van der Waals surface area contributed by atoms with Crippen LogP contribution in [0.2, 0.25) is 0 Å². The van der Waals surface area contributed by atoms with Gasteiger partial charge in [-0.3, -0.25) is 4.79 Å². The fourth-order valence-corrected chi connectivity index (χ4v) is 1.24. The zero-order valence-electron chi connectivity index (χ0n) is 9.03. The quantitative estimate of drug-likeness (QED) is 0.725. The third kappa shape index (κ3) is 4.51. The van der Waals surface area contributed by atoms with E-state index in [1.165, 1.54) is 0 Å². The van der Waals surface area contributed by atoms with E-state index in [1.807, 2.05) is 13.8 Å². The van der Waals surface area contributed by atoms with Crippen LogP contribution in [-0.2, 0) is 11.3 Å². The first-order valence-electron chi connectivity index (χ1n) is 4.79. The number of rotatable bonds is 5. The van der Waals surface area contributed by atoms with Crippen molar-refractivity contribution in [1.29, 1.82) is 0 Å². The fourth-order valence-electron chi connectivity index (χ4n) is 1.24. The van der Waals surface area contributed by atoms with Gasteiger partial charge in [0.2, 0.25) is 5.91 Å². The van der Waals surface area contributed by atoms with E-state index in [2.05, 4.69) is 15.3 Å². The number of nitrogens with two attached hydrogens (primary N) is 1. The summed E-state index contributed by atoms with van der Waals surface area (Å²) in [5.74, 6) is 0.386. The van der Waals surface area contributed by atoms with Crippen LogP contribution in [0.1, 0.15) is 26.1 Å². The summed E-state index contributed by atoms with van der Waals surface area (Å²) >= 11 is 0. The molecule has 5 heteroatoms. The predicted molar refractivity (Wildman–Crippen MR) is 56.8 cm³/mol. The summed E-state index contributed by atoms with van der Waals surface area (Å²) < 4.78 is 0. The Morgan fingerprint density at radius 1 is 1.47 bits per heavy atom. The maximum absolute atomic E-state index is 10.8. The molecule has 5 nitrogen and oxygen atoms in total. The van der Waals surface area contributed by atoms with Crippen LogP contribution >= 0.6 is 0 Å². The SMILES string of the molecule is CC(C)(CC(N)=O)NCc1ncccn1. The molecule has 0 saturated heterocycles. The lowest BCUT2D eigenvalue weighted by Gasteiger charge is -2.24. The third-order valence-electron chi connectivity index (χ3n) is 1.96. The number of hydrogen-bond donors (Lipinski definition) is 2. The van der Waals surface area contributed by atoms with Gasteiger partial charge in [0, 0.05) is 24.4 Å². The molecule has 1 amide bonds. The summed E-state index contributed by atoms with van der Waals surface area (Å²) in [4.78, 5) is 18.9. The van der Waals surface area contributed by atoms with Gasteiger partial charge in [-0.1, -0.05) is 0 Å². The standard InChI is InChI=1S/C10H16N4O/c1-10(2,6-8(11)15)14-7-9-12-4-3-5-13-9/h3-5,14H,6-7H2,1-2H3,(H2,11,15). The van der Waals surface area contributed by atoms with Gasteiger partial charge in [0.1, 0.15) is 5.82 Å². The molecule has 0 fully saturated rings. The second kappa shape index (κ2) is 4.84. The highest BCUT2D eigenvalue weighted by Gasteiger charge is 2.19. The Kier molecular flexibility index (Phi) is 3.74. The first kappa shape index (κ1) is 11.6.